The number of nitrogens with two attached hydrogens (primary N) is 1. The molecule has 0 aliphatic heterocycles. The number of amides is 1. The third-order valence-electron chi connectivity index (χ3n) is 3.80. The van der Waals surface area contributed by atoms with E-state index in [1.165, 1.54) is 0 Å². The van der Waals surface area contributed by atoms with Crippen LogP contribution in [0.2, 0.25) is 0 Å². The predicted octanol–water partition coefficient (Wildman–Crippen LogP) is 1.64. The molecule has 1 aromatic carbocycles. The van der Waals surface area contributed by atoms with E-state index in [-0.39, 0.29) is 11.4 Å². The molecule has 0 spiro atoms. The van der Waals surface area contributed by atoms with Crippen molar-refractivity contribution in [3.8, 4) is 0 Å². The first-order valence-electron chi connectivity index (χ1n) is 6.80. The minimum atomic E-state index is -0.237. The van der Waals surface area contributed by atoms with Crippen LogP contribution in [0.3, 0.4) is 0 Å². The molecule has 0 aromatic heterocycles. The molecule has 1 fully saturated rings. The van der Waals surface area contributed by atoms with Crippen LogP contribution in [0.5, 0.6) is 0 Å². The van der Waals surface area contributed by atoms with Gasteiger partial charge >= 0.3 is 0 Å². The second-order valence-corrected chi connectivity index (χ2v) is 5.73. The fourth-order valence-electron chi connectivity index (χ4n) is 2.30. The average molecular weight is 261 g/mol. The summed E-state index contributed by atoms with van der Waals surface area (Å²) in [4.78, 5) is 13.9. The zero-order valence-electron chi connectivity index (χ0n) is 11.8. The summed E-state index contributed by atoms with van der Waals surface area (Å²) in [6.07, 6.45) is 3.54. The minimum absolute atomic E-state index is 0.0545. The van der Waals surface area contributed by atoms with Crippen molar-refractivity contribution in [2.24, 2.45) is 5.73 Å². The number of nitrogens with zero attached hydrogens (tertiary/aromatic N) is 1. The topological polar surface area (TPSA) is 58.4 Å². The lowest BCUT2D eigenvalue weighted by molar-refractivity contribution is -0.123. The van der Waals surface area contributed by atoms with Crippen LogP contribution in [0.4, 0.5) is 5.69 Å². The summed E-state index contributed by atoms with van der Waals surface area (Å²) in [5.74, 6) is 0.0545. The molecule has 0 atom stereocenters. The fraction of sp³-hybridized carbons (Fsp3) is 0.533. The van der Waals surface area contributed by atoms with Crippen molar-refractivity contribution in [1.29, 1.82) is 0 Å². The molecule has 1 aliphatic carbocycles. The average Bonchev–Trinajstić information content (AvgIpc) is 2.35. The minimum Gasteiger partial charge on any atom is -0.378 e. The number of nitrogens with one attached hydrogen (secondary N) is 1. The lowest BCUT2D eigenvalue weighted by Crippen LogP contribution is -2.49. The molecule has 0 radical (unpaired) electrons. The van der Waals surface area contributed by atoms with Gasteiger partial charge in [0.2, 0.25) is 5.91 Å². The van der Waals surface area contributed by atoms with Gasteiger partial charge in [0.25, 0.3) is 0 Å². The van der Waals surface area contributed by atoms with Crippen molar-refractivity contribution >= 4 is 11.6 Å². The molecule has 104 valence electrons. The second-order valence-electron chi connectivity index (χ2n) is 5.73. The van der Waals surface area contributed by atoms with Gasteiger partial charge in [0.15, 0.2) is 0 Å². The standard InChI is InChI=1S/C15H23N3O/c1-18(2)13-6-4-12(5-7-13)11-17-14(19)10-15(16)8-3-9-15/h4-7H,3,8-11,16H2,1-2H3,(H,17,19). The zero-order valence-corrected chi connectivity index (χ0v) is 11.8. The number of carbonyl (C=O) groups excluding carboxylic acids is 1. The first-order chi connectivity index (χ1) is 8.98. The number of hydrogen-bond donors (Lipinski definition) is 2. The highest BCUT2D eigenvalue weighted by molar-refractivity contribution is 5.77. The smallest absolute Gasteiger partial charge is 0.222 e. The van der Waals surface area contributed by atoms with E-state index in [2.05, 4.69) is 22.3 Å². The van der Waals surface area contributed by atoms with E-state index in [1.54, 1.807) is 0 Å². The Morgan fingerprint density at radius 3 is 2.42 bits per heavy atom. The molecule has 19 heavy (non-hydrogen) atoms. The van der Waals surface area contributed by atoms with Crippen LogP contribution in [-0.2, 0) is 11.3 Å². The van der Waals surface area contributed by atoms with Gasteiger partial charge < -0.3 is 16.0 Å². The van der Waals surface area contributed by atoms with Crippen LogP contribution in [0.25, 0.3) is 0 Å². The lowest BCUT2D eigenvalue weighted by atomic mass is 9.75. The van der Waals surface area contributed by atoms with E-state index < -0.39 is 0 Å². The Morgan fingerprint density at radius 1 is 1.32 bits per heavy atom. The Hall–Kier alpha value is -1.55. The summed E-state index contributed by atoms with van der Waals surface area (Å²) in [6, 6.07) is 8.18. The molecule has 4 nitrogen and oxygen atoms in total. The highest BCUT2D eigenvalue weighted by atomic mass is 16.1. The molecule has 1 aromatic rings. The monoisotopic (exact) mass is 261 g/mol. The lowest BCUT2D eigenvalue weighted by Gasteiger charge is -2.37. The Balaban J connectivity index is 1.79. The third kappa shape index (κ3) is 3.70. The Kier molecular flexibility index (Phi) is 4.10. The summed E-state index contributed by atoms with van der Waals surface area (Å²) < 4.78 is 0. The molecule has 3 N–H and O–H groups in total. The van der Waals surface area contributed by atoms with Gasteiger partial charge in [-0.15, -0.1) is 0 Å². The molecule has 0 unspecified atom stereocenters. The summed E-state index contributed by atoms with van der Waals surface area (Å²) in [7, 11) is 4.02. The summed E-state index contributed by atoms with van der Waals surface area (Å²) in [6.45, 7) is 0.572. The molecule has 0 bridgehead atoms. The van der Waals surface area contributed by atoms with Gasteiger partial charge in [0, 0.05) is 38.3 Å². The fourth-order valence-corrected chi connectivity index (χ4v) is 2.30. The van der Waals surface area contributed by atoms with Gasteiger partial charge in [-0.05, 0) is 37.0 Å². The maximum absolute atomic E-state index is 11.8. The van der Waals surface area contributed by atoms with Gasteiger partial charge in [-0.25, -0.2) is 0 Å². The largest absolute Gasteiger partial charge is 0.378 e. The summed E-state index contributed by atoms with van der Waals surface area (Å²) in [5.41, 5.74) is 8.09. The highest BCUT2D eigenvalue weighted by Crippen LogP contribution is 2.31. The van der Waals surface area contributed by atoms with Gasteiger partial charge in [-0.1, -0.05) is 12.1 Å². The van der Waals surface area contributed by atoms with E-state index in [0.717, 1.165) is 30.5 Å². The molecule has 0 saturated heterocycles. The third-order valence-corrected chi connectivity index (χ3v) is 3.80. The molecular formula is C15H23N3O. The zero-order chi connectivity index (χ0) is 13.9. The molecule has 1 aliphatic rings. The van der Waals surface area contributed by atoms with Crippen LogP contribution in [-0.4, -0.2) is 25.5 Å². The van der Waals surface area contributed by atoms with Crippen LogP contribution < -0.4 is 16.0 Å². The maximum Gasteiger partial charge on any atom is 0.222 e. The molecule has 1 saturated carbocycles. The molecule has 1 amide bonds. The normalized spacial score (nSPS) is 16.6. The van der Waals surface area contributed by atoms with Crippen molar-refractivity contribution in [1.82, 2.24) is 5.32 Å². The second kappa shape index (κ2) is 5.61. The van der Waals surface area contributed by atoms with Crippen LogP contribution in [0.1, 0.15) is 31.2 Å². The summed E-state index contributed by atoms with van der Waals surface area (Å²) in [5, 5.41) is 2.94. The number of rotatable bonds is 5. The van der Waals surface area contributed by atoms with E-state index in [1.807, 2.05) is 26.2 Å². The molecule has 0 heterocycles. The number of carbonyl (C=O) groups is 1. The SMILES string of the molecule is CN(C)c1ccc(CNC(=O)CC2(N)CCC2)cc1. The first kappa shape index (κ1) is 13.9. The number of hydrogen-bond acceptors (Lipinski definition) is 3. The maximum atomic E-state index is 11.8. The van der Waals surface area contributed by atoms with Crippen molar-refractivity contribution < 1.29 is 4.79 Å². The first-order valence-corrected chi connectivity index (χ1v) is 6.80. The highest BCUT2D eigenvalue weighted by Gasteiger charge is 2.34. The van der Waals surface area contributed by atoms with Gasteiger partial charge in [0.1, 0.15) is 0 Å². The van der Waals surface area contributed by atoms with Crippen molar-refractivity contribution in [3.05, 3.63) is 29.8 Å². The van der Waals surface area contributed by atoms with Crippen molar-refractivity contribution in [2.45, 2.75) is 37.8 Å². The molecular weight excluding hydrogens is 238 g/mol. The Morgan fingerprint density at radius 2 is 1.95 bits per heavy atom. The van der Waals surface area contributed by atoms with Gasteiger partial charge in [-0.3, -0.25) is 4.79 Å². The van der Waals surface area contributed by atoms with E-state index in [9.17, 15) is 4.79 Å². The molecule has 4 heteroatoms. The van der Waals surface area contributed by atoms with Crippen molar-refractivity contribution in [3.63, 3.8) is 0 Å². The van der Waals surface area contributed by atoms with E-state index in [0.29, 0.717) is 13.0 Å². The Bertz CT molecular complexity index is 435. The van der Waals surface area contributed by atoms with E-state index >= 15 is 0 Å². The predicted molar refractivity (Wildman–Crippen MR) is 78.0 cm³/mol. The molecule has 2 rings (SSSR count). The van der Waals surface area contributed by atoms with Gasteiger partial charge in [-0.2, -0.15) is 0 Å². The number of anilines is 1. The van der Waals surface area contributed by atoms with Crippen molar-refractivity contribution in [2.75, 3.05) is 19.0 Å². The van der Waals surface area contributed by atoms with Crippen LogP contribution in [0.15, 0.2) is 24.3 Å². The summed E-state index contributed by atoms with van der Waals surface area (Å²) >= 11 is 0. The Labute approximate surface area is 115 Å². The quantitative estimate of drug-likeness (QED) is 0.847. The van der Waals surface area contributed by atoms with Gasteiger partial charge in [0.05, 0.1) is 0 Å². The number of benzene rings is 1. The van der Waals surface area contributed by atoms with E-state index in [4.69, 9.17) is 5.73 Å². The van der Waals surface area contributed by atoms with Crippen LogP contribution in [0, 0.1) is 0 Å². The van der Waals surface area contributed by atoms with Crippen LogP contribution >= 0.6 is 0 Å².